The van der Waals surface area contributed by atoms with Crippen molar-refractivity contribution in [2.75, 3.05) is 43.1 Å². The summed E-state index contributed by atoms with van der Waals surface area (Å²) in [5.41, 5.74) is 0.612. The molecule has 4 heterocycles. The predicted octanol–water partition coefficient (Wildman–Crippen LogP) is 4.70. The number of imide groups is 1. The lowest BCUT2D eigenvalue weighted by Gasteiger charge is -2.34. The Kier molecular flexibility index (Phi) is 8.12. The van der Waals surface area contributed by atoms with Crippen LogP contribution in [-0.2, 0) is 14.3 Å². The molecule has 42 heavy (non-hydrogen) atoms. The van der Waals surface area contributed by atoms with Crippen LogP contribution in [0.5, 0.6) is 0 Å². The number of ether oxygens (including phenoxy) is 1. The van der Waals surface area contributed by atoms with E-state index in [9.17, 15) is 19.2 Å². The highest BCUT2D eigenvalue weighted by atomic mass is 35.5. The SMILES string of the molecule is O=C(c1oc2ccccc2c1NC(=O)[C@H]1CC[C@H](N2CCCC2=O)CC1)N(C(=O)N1CCOCC1)c1ccc(Cl)cn1. The summed E-state index contributed by atoms with van der Waals surface area (Å²) in [7, 11) is 0. The third-order valence-corrected chi connectivity index (χ3v) is 8.50. The summed E-state index contributed by atoms with van der Waals surface area (Å²) >= 11 is 6.04. The Morgan fingerprint density at radius 1 is 1.00 bits per heavy atom. The fourth-order valence-electron chi connectivity index (χ4n) is 6.04. The average Bonchev–Trinajstić information content (AvgIpc) is 3.62. The highest BCUT2D eigenvalue weighted by molar-refractivity contribution is 6.30. The number of furan rings is 1. The number of likely N-dealkylation sites (tertiary alicyclic amines) is 1. The summed E-state index contributed by atoms with van der Waals surface area (Å²) in [4.78, 5) is 62.3. The van der Waals surface area contributed by atoms with E-state index in [1.807, 2.05) is 4.90 Å². The average molecular weight is 594 g/mol. The monoisotopic (exact) mass is 593 g/mol. The van der Waals surface area contributed by atoms with Crippen LogP contribution in [0, 0.1) is 5.92 Å². The minimum absolute atomic E-state index is 0.0772. The van der Waals surface area contributed by atoms with E-state index in [1.165, 1.54) is 17.2 Å². The number of carbonyl (C=O) groups is 4. The van der Waals surface area contributed by atoms with Crippen molar-refractivity contribution < 1.29 is 28.3 Å². The van der Waals surface area contributed by atoms with E-state index in [0.717, 1.165) is 30.7 Å². The number of hydrogen-bond donors (Lipinski definition) is 1. The fourth-order valence-corrected chi connectivity index (χ4v) is 6.15. The maximum Gasteiger partial charge on any atom is 0.333 e. The van der Waals surface area contributed by atoms with Gasteiger partial charge in [-0.05, 0) is 56.4 Å². The summed E-state index contributed by atoms with van der Waals surface area (Å²) in [6.07, 6.45) is 5.63. The Morgan fingerprint density at radius 2 is 1.76 bits per heavy atom. The van der Waals surface area contributed by atoms with Gasteiger partial charge in [0.15, 0.2) is 0 Å². The summed E-state index contributed by atoms with van der Waals surface area (Å²) in [6.45, 7) is 2.11. The normalized spacial score (nSPS) is 21.0. The van der Waals surface area contributed by atoms with Gasteiger partial charge in [-0.25, -0.2) is 14.7 Å². The van der Waals surface area contributed by atoms with Crippen LogP contribution < -0.4 is 10.2 Å². The number of amides is 5. The second-order valence-corrected chi connectivity index (χ2v) is 11.3. The Hall–Kier alpha value is -3.96. The van der Waals surface area contributed by atoms with Crippen LogP contribution in [0.1, 0.15) is 49.1 Å². The number of halogens is 1. The highest BCUT2D eigenvalue weighted by Gasteiger charge is 2.37. The van der Waals surface area contributed by atoms with Crippen LogP contribution in [0.25, 0.3) is 11.0 Å². The minimum Gasteiger partial charge on any atom is -0.449 e. The van der Waals surface area contributed by atoms with Crippen molar-refractivity contribution in [1.29, 1.82) is 0 Å². The molecule has 12 heteroatoms. The number of carbonyl (C=O) groups excluding carboxylic acids is 4. The molecule has 0 bridgehead atoms. The van der Waals surface area contributed by atoms with E-state index in [4.69, 9.17) is 20.8 Å². The number of morpholine rings is 1. The molecule has 220 valence electrons. The number of anilines is 2. The molecule has 3 fully saturated rings. The largest absolute Gasteiger partial charge is 0.449 e. The Morgan fingerprint density at radius 3 is 2.45 bits per heavy atom. The molecular weight excluding hydrogens is 562 g/mol. The van der Waals surface area contributed by atoms with E-state index in [2.05, 4.69) is 10.3 Å². The standard InChI is InChI=1S/C30H32ClN5O6/c31-20-9-12-24(32-18-20)36(30(40)34-14-16-41-17-15-34)29(39)27-26(22-4-1-2-5-23(22)42-27)33-28(38)19-7-10-21(11-8-19)35-13-3-6-25(35)37/h1-2,4-5,9,12,18-19,21H,3,6-8,10-11,13-17H2,(H,33,38)/t19-,21-. The first-order valence-corrected chi connectivity index (χ1v) is 14.7. The molecule has 0 spiro atoms. The van der Waals surface area contributed by atoms with Gasteiger partial charge in [-0.2, -0.15) is 0 Å². The third kappa shape index (κ3) is 5.58. The van der Waals surface area contributed by atoms with Gasteiger partial charge in [-0.3, -0.25) is 14.4 Å². The lowest BCUT2D eigenvalue weighted by molar-refractivity contribution is -0.130. The number of aromatic nitrogens is 1. The number of urea groups is 1. The first-order valence-electron chi connectivity index (χ1n) is 14.3. The van der Waals surface area contributed by atoms with Crippen molar-refractivity contribution in [2.45, 2.75) is 44.6 Å². The van der Waals surface area contributed by atoms with Gasteiger partial charge >= 0.3 is 11.9 Å². The molecule has 2 aliphatic heterocycles. The number of nitrogens with one attached hydrogen (secondary N) is 1. The Bertz CT molecular complexity index is 1490. The summed E-state index contributed by atoms with van der Waals surface area (Å²) in [6, 6.07) is 9.65. The maximum absolute atomic E-state index is 14.2. The molecule has 3 aliphatic rings. The van der Waals surface area contributed by atoms with Crippen LogP contribution in [-0.4, -0.2) is 77.4 Å². The zero-order chi connectivity index (χ0) is 29.2. The predicted molar refractivity (Wildman–Crippen MR) is 155 cm³/mol. The first-order chi connectivity index (χ1) is 20.4. The third-order valence-electron chi connectivity index (χ3n) is 8.27. The number of hydrogen-bond acceptors (Lipinski definition) is 7. The second-order valence-electron chi connectivity index (χ2n) is 10.8. The van der Waals surface area contributed by atoms with Gasteiger partial charge in [-0.15, -0.1) is 0 Å². The number of nitrogens with zero attached hydrogens (tertiary/aromatic N) is 4. The number of fused-ring (bicyclic) bond motifs is 1. The second kappa shape index (κ2) is 12.1. The number of rotatable bonds is 5. The van der Waals surface area contributed by atoms with Crippen molar-refractivity contribution >= 4 is 57.8 Å². The van der Waals surface area contributed by atoms with E-state index in [1.54, 1.807) is 30.3 Å². The van der Waals surface area contributed by atoms with Crippen molar-refractivity contribution in [1.82, 2.24) is 14.8 Å². The van der Waals surface area contributed by atoms with Gasteiger partial charge in [0.25, 0.3) is 0 Å². The molecule has 0 unspecified atom stereocenters. The quantitative estimate of drug-likeness (QED) is 0.454. The fraction of sp³-hybridized carbons (Fsp3) is 0.433. The molecule has 1 N–H and O–H groups in total. The molecule has 3 aromatic rings. The van der Waals surface area contributed by atoms with Crippen LogP contribution in [0.15, 0.2) is 47.0 Å². The van der Waals surface area contributed by atoms with Crippen LogP contribution in [0.2, 0.25) is 5.02 Å². The van der Waals surface area contributed by atoms with Crippen molar-refractivity contribution in [3.63, 3.8) is 0 Å². The zero-order valence-electron chi connectivity index (χ0n) is 23.1. The van der Waals surface area contributed by atoms with Crippen molar-refractivity contribution in [2.24, 2.45) is 5.92 Å². The lowest BCUT2D eigenvalue weighted by atomic mass is 9.84. The first kappa shape index (κ1) is 28.2. The van der Waals surface area contributed by atoms with E-state index in [-0.39, 0.29) is 41.0 Å². The summed E-state index contributed by atoms with van der Waals surface area (Å²) < 4.78 is 11.4. The van der Waals surface area contributed by atoms with E-state index >= 15 is 0 Å². The molecule has 1 aromatic carbocycles. The number of pyridine rings is 1. The summed E-state index contributed by atoms with van der Waals surface area (Å²) in [5.74, 6) is -1.16. The Balaban J connectivity index is 1.28. The molecule has 11 nitrogen and oxygen atoms in total. The van der Waals surface area contributed by atoms with Gasteiger partial charge in [0.05, 0.1) is 18.2 Å². The van der Waals surface area contributed by atoms with E-state index in [0.29, 0.717) is 61.6 Å². The van der Waals surface area contributed by atoms with Crippen LogP contribution in [0.4, 0.5) is 16.3 Å². The lowest BCUT2D eigenvalue weighted by Crippen LogP contribution is -2.50. The number of para-hydroxylation sites is 1. The van der Waals surface area contributed by atoms with Gasteiger partial charge < -0.3 is 24.3 Å². The molecule has 0 radical (unpaired) electrons. The Labute approximate surface area is 247 Å². The molecule has 0 atom stereocenters. The molecule has 6 rings (SSSR count). The van der Waals surface area contributed by atoms with Crippen molar-refractivity contribution in [3.05, 3.63) is 53.4 Å². The van der Waals surface area contributed by atoms with Crippen LogP contribution >= 0.6 is 11.6 Å². The van der Waals surface area contributed by atoms with Crippen LogP contribution in [0.3, 0.4) is 0 Å². The van der Waals surface area contributed by atoms with Gasteiger partial charge in [0.2, 0.25) is 17.6 Å². The van der Waals surface area contributed by atoms with Crippen molar-refractivity contribution in [3.8, 4) is 0 Å². The maximum atomic E-state index is 14.2. The molecule has 5 amide bonds. The highest BCUT2D eigenvalue weighted by Crippen LogP contribution is 2.36. The molecule has 1 aliphatic carbocycles. The topological polar surface area (TPSA) is 125 Å². The van der Waals surface area contributed by atoms with Gasteiger partial charge in [0.1, 0.15) is 17.1 Å². The smallest absolute Gasteiger partial charge is 0.333 e. The summed E-state index contributed by atoms with van der Waals surface area (Å²) in [5, 5.41) is 3.87. The molecular formula is C30H32ClN5O6. The molecule has 2 aromatic heterocycles. The molecule has 2 saturated heterocycles. The van der Waals surface area contributed by atoms with Gasteiger partial charge in [-0.1, -0.05) is 23.7 Å². The van der Waals surface area contributed by atoms with Gasteiger partial charge in [0, 0.05) is 49.6 Å². The number of benzene rings is 1. The minimum atomic E-state index is -0.760. The van der Waals surface area contributed by atoms with E-state index < -0.39 is 11.9 Å². The molecule has 1 saturated carbocycles. The zero-order valence-corrected chi connectivity index (χ0v) is 23.8.